The van der Waals surface area contributed by atoms with Gasteiger partial charge in [-0.3, -0.25) is 4.79 Å². The van der Waals surface area contributed by atoms with Gasteiger partial charge in [0, 0.05) is 5.56 Å². The van der Waals surface area contributed by atoms with Gasteiger partial charge in [0.2, 0.25) is 0 Å². The van der Waals surface area contributed by atoms with E-state index >= 15 is 0 Å². The number of carbonyl (C=O) groups is 1. The number of nitrogens with zero attached hydrogens (tertiary/aromatic N) is 1. The predicted octanol–water partition coefficient (Wildman–Crippen LogP) is 5.60. The van der Waals surface area contributed by atoms with Crippen molar-refractivity contribution in [3.63, 3.8) is 0 Å². The van der Waals surface area contributed by atoms with E-state index in [4.69, 9.17) is 16.1 Å². The predicted molar refractivity (Wildman–Crippen MR) is 101 cm³/mol. The molecule has 1 heterocycles. The topological polar surface area (TPSA) is 75.4 Å². The number of hydrogen-bond acceptors (Lipinski definition) is 4. The lowest BCUT2D eigenvalue weighted by Crippen LogP contribution is -2.28. The maximum atomic E-state index is 12.7. The molecule has 1 unspecified atom stereocenters. The van der Waals surface area contributed by atoms with Crippen LogP contribution in [0.25, 0.3) is 11.3 Å². The van der Waals surface area contributed by atoms with Gasteiger partial charge in [-0.1, -0.05) is 47.9 Å². The second-order valence-electron chi connectivity index (χ2n) is 6.28. The summed E-state index contributed by atoms with van der Waals surface area (Å²) in [5, 5.41) is 15.9. The van der Waals surface area contributed by atoms with E-state index in [2.05, 4.69) is 10.5 Å². The van der Waals surface area contributed by atoms with E-state index in [1.165, 1.54) is 24.3 Å². The van der Waals surface area contributed by atoms with Crippen LogP contribution < -0.4 is 5.32 Å². The third kappa shape index (κ3) is 4.54. The third-order valence-electron chi connectivity index (χ3n) is 4.31. The Balaban J connectivity index is 1.82. The van der Waals surface area contributed by atoms with Gasteiger partial charge in [0.1, 0.15) is 10.8 Å². The third-order valence-corrected chi connectivity index (χ3v) is 4.66. The maximum absolute atomic E-state index is 12.7. The highest BCUT2D eigenvalue weighted by atomic mass is 35.5. The number of carbonyl (C=O) groups excluding carboxylic acids is 1. The van der Waals surface area contributed by atoms with Crippen LogP contribution in [0.3, 0.4) is 0 Å². The maximum Gasteiger partial charge on any atom is 0.416 e. The summed E-state index contributed by atoms with van der Waals surface area (Å²) < 4.78 is 43.2. The summed E-state index contributed by atoms with van der Waals surface area (Å²) in [6.45, 7) is 1.85. The number of amides is 1. The molecule has 0 aliphatic heterocycles. The van der Waals surface area contributed by atoms with Crippen molar-refractivity contribution in [1.29, 1.82) is 0 Å². The van der Waals surface area contributed by atoms with Crippen LogP contribution in [0.5, 0.6) is 5.75 Å². The van der Waals surface area contributed by atoms with Crippen LogP contribution >= 0.6 is 11.6 Å². The van der Waals surface area contributed by atoms with E-state index in [0.29, 0.717) is 12.0 Å². The van der Waals surface area contributed by atoms with E-state index in [1.807, 2.05) is 6.92 Å². The molecule has 0 radical (unpaired) electrons. The SMILES string of the molecule is CCC(NC(=O)c1noc(-c2ccc(C(F)(F)F)cc2)c1Cl)c1cccc(O)c1. The molecule has 5 nitrogen and oxygen atoms in total. The first-order valence-corrected chi connectivity index (χ1v) is 9.01. The van der Waals surface area contributed by atoms with Crippen LogP contribution in [-0.4, -0.2) is 16.2 Å². The van der Waals surface area contributed by atoms with E-state index < -0.39 is 23.7 Å². The minimum Gasteiger partial charge on any atom is -0.508 e. The molecule has 2 aromatic carbocycles. The fourth-order valence-electron chi connectivity index (χ4n) is 2.80. The van der Waals surface area contributed by atoms with Gasteiger partial charge in [-0.15, -0.1) is 0 Å². The first kappa shape index (κ1) is 20.7. The number of phenolic OH excluding ortho intramolecular Hbond substituents is 1. The van der Waals surface area contributed by atoms with Gasteiger partial charge >= 0.3 is 6.18 Å². The molecule has 0 aliphatic rings. The van der Waals surface area contributed by atoms with Crippen LogP contribution in [0.4, 0.5) is 13.2 Å². The highest BCUT2D eigenvalue weighted by Crippen LogP contribution is 2.34. The molecule has 0 spiro atoms. The standard InChI is InChI=1S/C20H16ClF3N2O3/c1-2-15(12-4-3-5-14(27)10-12)25-19(28)17-16(21)18(29-26-17)11-6-8-13(9-7-11)20(22,23)24/h3-10,15,27H,2H2,1H3,(H,25,28). The summed E-state index contributed by atoms with van der Waals surface area (Å²) in [4.78, 5) is 12.6. The number of aromatic hydroxyl groups is 1. The number of halogens is 4. The van der Waals surface area contributed by atoms with Gasteiger partial charge < -0.3 is 14.9 Å². The Hall–Kier alpha value is -3.00. The van der Waals surface area contributed by atoms with E-state index in [1.54, 1.807) is 12.1 Å². The van der Waals surface area contributed by atoms with Gasteiger partial charge in [0.05, 0.1) is 11.6 Å². The number of phenols is 1. The van der Waals surface area contributed by atoms with Crippen molar-refractivity contribution in [2.24, 2.45) is 0 Å². The molecule has 9 heteroatoms. The minimum atomic E-state index is -4.46. The number of benzene rings is 2. The molecule has 3 rings (SSSR count). The Kier molecular flexibility index (Phi) is 5.83. The molecule has 0 aliphatic carbocycles. The lowest BCUT2D eigenvalue weighted by Gasteiger charge is -2.17. The molecular weight excluding hydrogens is 409 g/mol. The largest absolute Gasteiger partial charge is 0.508 e. The number of aromatic nitrogens is 1. The zero-order valence-corrected chi connectivity index (χ0v) is 15.9. The zero-order valence-electron chi connectivity index (χ0n) is 15.1. The van der Waals surface area contributed by atoms with Crippen molar-refractivity contribution in [2.75, 3.05) is 0 Å². The van der Waals surface area contributed by atoms with Crippen LogP contribution in [0.2, 0.25) is 5.02 Å². The summed E-state index contributed by atoms with van der Waals surface area (Å²) in [5.74, 6) is -0.540. The lowest BCUT2D eigenvalue weighted by atomic mass is 10.0. The van der Waals surface area contributed by atoms with Gasteiger partial charge in [0.25, 0.3) is 5.91 Å². The van der Waals surface area contributed by atoms with Gasteiger partial charge in [-0.05, 0) is 36.2 Å². The molecule has 29 heavy (non-hydrogen) atoms. The fraction of sp³-hybridized carbons (Fsp3) is 0.200. The number of rotatable bonds is 5. The fourth-order valence-corrected chi connectivity index (χ4v) is 3.06. The average Bonchev–Trinajstić information content (AvgIpc) is 3.07. The highest BCUT2D eigenvalue weighted by Gasteiger charge is 2.30. The minimum absolute atomic E-state index is 0.00375. The molecule has 1 amide bonds. The van der Waals surface area contributed by atoms with Gasteiger partial charge in [-0.25, -0.2) is 0 Å². The van der Waals surface area contributed by atoms with Crippen molar-refractivity contribution >= 4 is 17.5 Å². The van der Waals surface area contributed by atoms with Crippen LogP contribution in [0.15, 0.2) is 53.1 Å². The summed E-state index contributed by atoms with van der Waals surface area (Å²) in [6.07, 6.45) is -3.92. The van der Waals surface area contributed by atoms with E-state index in [0.717, 1.165) is 12.1 Å². The van der Waals surface area contributed by atoms with E-state index in [-0.39, 0.29) is 27.8 Å². The quantitative estimate of drug-likeness (QED) is 0.559. The molecule has 0 saturated carbocycles. The molecule has 3 aromatic rings. The first-order valence-electron chi connectivity index (χ1n) is 8.63. The molecule has 2 N–H and O–H groups in total. The molecule has 1 atom stereocenters. The van der Waals surface area contributed by atoms with Crippen LogP contribution in [0, 0.1) is 0 Å². The number of nitrogens with one attached hydrogen (secondary N) is 1. The summed E-state index contributed by atoms with van der Waals surface area (Å²) in [7, 11) is 0. The summed E-state index contributed by atoms with van der Waals surface area (Å²) in [6, 6.07) is 10.2. The zero-order chi connectivity index (χ0) is 21.2. The van der Waals surface area contributed by atoms with Crippen molar-refractivity contribution in [1.82, 2.24) is 10.5 Å². The summed E-state index contributed by atoms with van der Waals surface area (Å²) >= 11 is 6.20. The first-order chi connectivity index (χ1) is 13.7. The van der Waals surface area contributed by atoms with Crippen LogP contribution in [-0.2, 0) is 6.18 Å². The highest BCUT2D eigenvalue weighted by molar-refractivity contribution is 6.35. The molecule has 1 aromatic heterocycles. The monoisotopic (exact) mass is 424 g/mol. The summed E-state index contributed by atoms with van der Waals surface area (Å²) in [5.41, 5.74) is -0.0371. The molecule has 0 saturated heterocycles. The second-order valence-corrected chi connectivity index (χ2v) is 6.66. The van der Waals surface area contributed by atoms with Gasteiger partial charge in [-0.2, -0.15) is 13.2 Å². The molecule has 0 fully saturated rings. The second kappa shape index (κ2) is 8.16. The Morgan fingerprint density at radius 2 is 1.93 bits per heavy atom. The van der Waals surface area contributed by atoms with Crippen molar-refractivity contribution in [3.05, 3.63) is 70.4 Å². The van der Waals surface area contributed by atoms with E-state index in [9.17, 15) is 23.1 Å². The Bertz CT molecular complexity index is 1020. The Morgan fingerprint density at radius 1 is 1.24 bits per heavy atom. The molecular formula is C20H16ClF3N2O3. The molecule has 152 valence electrons. The smallest absolute Gasteiger partial charge is 0.416 e. The molecule has 0 bridgehead atoms. The normalized spacial score (nSPS) is 12.6. The Labute approximate surface area is 169 Å². The van der Waals surface area contributed by atoms with Crippen molar-refractivity contribution < 1.29 is 27.6 Å². The average molecular weight is 425 g/mol. The lowest BCUT2D eigenvalue weighted by molar-refractivity contribution is -0.137. The van der Waals surface area contributed by atoms with Crippen molar-refractivity contribution in [2.45, 2.75) is 25.6 Å². The van der Waals surface area contributed by atoms with Crippen molar-refractivity contribution in [3.8, 4) is 17.1 Å². The number of hydrogen-bond donors (Lipinski definition) is 2. The van der Waals surface area contributed by atoms with Gasteiger partial charge in [0.15, 0.2) is 11.5 Å². The number of alkyl halides is 3. The Morgan fingerprint density at radius 3 is 2.52 bits per heavy atom. The van der Waals surface area contributed by atoms with Crippen LogP contribution in [0.1, 0.15) is 41.0 Å².